The molecule has 0 aliphatic carbocycles. The molecular formula is C46H25N5OS. The van der Waals surface area contributed by atoms with Crippen molar-refractivity contribution in [3.63, 3.8) is 0 Å². The number of aromatic nitrogens is 4. The van der Waals surface area contributed by atoms with E-state index in [0.29, 0.717) is 23.0 Å². The zero-order chi connectivity index (χ0) is 35.0. The molecule has 0 amide bonds. The van der Waals surface area contributed by atoms with Crippen LogP contribution in [-0.2, 0) is 0 Å². The summed E-state index contributed by atoms with van der Waals surface area (Å²) in [5.41, 5.74) is 8.25. The first-order valence-electron chi connectivity index (χ1n) is 17.3. The molecule has 0 fully saturated rings. The van der Waals surface area contributed by atoms with Gasteiger partial charge >= 0.3 is 0 Å². The number of fused-ring (bicyclic) bond motifs is 12. The second-order valence-corrected chi connectivity index (χ2v) is 14.1. The van der Waals surface area contributed by atoms with Crippen molar-refractivity contribution in [2.45, 2.75) is 0 Å². The molecule has 0 spiro atoms. The third kappa shape index (κ3) is 4.46. The number of thiophene rings is 1. The molecule has 0 saturated heterocycles. The zero-order valence-corrected chi connectivity index (χ0v) is 28.8. The van der Waals surface area contributed by atoms with Gasteiger partial charge in [-0.3, -0.25) is 0 Å². The van der Waals surface area contributed by atoms with Gasteiger partial charge in [-0.2, -0.15) is 5.26 Å². The Bertz CT molecular complexity index is 3250. The molecule has 0 atom stereocenters. The minimum atomic E-state index is 0.548. The number of para-hydroxylation sites is 2. The van der Waals surface area contributed by atoms with E-state index in [0.717, 1.165) is 55.3 Å². The molecule has 0 aliphatic rings. The van der Waals surface area contributed by atoms with Gasteiger partial charge in [0.15, 0.2) is 17.5 Å². The number of hydrogen-bond acceptors (Lipinski definition) is 6. The predicted octanol–water partition coefficient (Wildman–Crippen LogP) is 12.1. The van der Waals surface area contributed by atoms with Crippen LogP contribution in [0.2, 0.25) is 0 Å². The minimum Gasteiger partial charge on any atom is -0.455 e. The number of rotatable bonds is 4. The summed E-state index contributed by atoms with van der Waals surface area (Å²) in [6.07, 6.45) is 0. The van der Waals surface area contributed by atoms with Crippen LogP contribution < -0.4 is 0 Å². The summed E-state index contributed by atoms with van der Waals surface area (Å²) >= 11 is 1.83. The third-order valence-electron chi connectivity index (χ3n) is 10.1. The Balaban J connectivity index is 1.16. The molecule has 0 unspecified atom stereocenters. The number of nitrogens with zero attached hydrogens (tertiary/aromatic N) is 5. The molecule has 4 heterocycles. The van der Waals surface area contributed by atoms with Crippen molar-refractivity contribution in [1.29, 1.82) is 5.26 Å². The number of hydrogen-bond donors (Lipinski definition) is 0. The van der Waals surface area contributed by atoms with E-state index < -0.39 is 0 Å². The summed E-state index contributed by atoms with van der Waals surface area (Å²) < 4.78 is 11.6. The van der Waals surface area contributed by atoms with Crippen LogP contribution in [0.3, 0.4) is 0 Å². The monoisotopic (exact) mass is 695 g/mol. The van der Waals surface area contributed by atoms with Gasteiger partial charge in [0.05, 0.1) is 28.1 Å². The van der Waals surface area contributed by atoms with Crippen LogP contribution in [-0.4, -0.2) is 19.5 Å². The van der Waals surface area contributed by atoms with Crippen molar-refractivity contribution in [2.24, 2.45) is 0 Å². The average molecular weight is 696 g/mol. The van der Waals surface area contributed by atoms with Crippen LogP contribution in [0.5, 0.6) is 0 Å². The maximum absolute atomic E-state index is 9.36. The average Bonchev–Trinajstić information content (AvgIpc) is 3.91. The molecule has 0 bridgehead atoms. The van der Waals surface area contributed by atoms with Crippen LogP contribution in [0.4, 0.5) is 0 Å². The second-order valence-electron chi connectivity index (χ2n) is 13.1. The fraction of sp³-hybridized carbons (Fsp3) is 0. The summed E-state index contributed by atoms with van der Waals surface area (Å²) in [5, 5.41) is 16.4. The van der Waals surface area contributed by atoms with Crippen molar-refractivity contribution >= 4 is 75.3 Å². The molecule has 53 heavy (non-hydrogen) atoms. The molecule has 0 saturated carbocycles. The fourth-order valence-electron chi connectivity index (χ4n) is 7.68. The third-order valence-corrected chi connectivity index (χ3v) is 11.3. The van der Waals surface area contributed by atoms with Crippen molar-refractivity contribution < 1.29 is 4.42 Å². The van der Waals surface area contributed by atoms with Crippen molar-refractivity contribution in [1.82, 2.24) is 19.5 Å². The topological polar surface area (TPSA) is 80.5 Å². The molecule has 7 aromatic carbocycles. The van der Waals surface area contributed by atoms with Gasteiger partial charge in [0.25, 0.3) is 0 Å². The van der Waals surface area contributed by atoms with E-state index in [1.807, 2.05) is 59.9 Å². The van der Waals surface area contributed by atoms with Gasteiger partial charge in [-0.1, -0.05) is 84.9 Å². The molecule has 0 aliphatic heterocycles. The zero-order valence-electron chi connectivity index (χ0n) is 28.0. The van der Waals surface area contributed by atoms with Crippen molar-refractivity contribution in [2.75, 3.05) is 0 Å². The highest BCUT2D eigenvalue weighted by atomic mass is 32.1. The van der Waals surface area contributed by atoms with Gasteiger partial charge in [0.2, 0.25) is 0 Å². The van der Waals surface area contributed by atoms with Crippen LogP contribution in [0, 0.1) is 11.3 Å². The molecule has 0 N–H and O–H groups in total. The van der Waals surface area contributed by atoms with Crippen molar-refractivity contribution in [3.05, 3.63) is 157 Å². The maximum Gasteiger partial charge on any atom is 0.164 e. The Morgan fingerprint density at radius 2 is 1.11 bits per heavy atom. The Labute approximate surface area is 306 Å². The van der Waals surface area contributed by atoms with Crippen LogP contribution >= 0.6 is 11.3 Å². The molecule has 7 heteroatoms. The first-order chi connectivity index (χ1) is 26.2. The van der Waals surface area contributed by atoms with E-state index in [9.17, 15) is 5.26 Å². The molecule has 246 valence electrons. The van der Waals surface area contributed by atoms with Crippen molar-refractivity contribution in [3.8, 4) is 45.9 Å². The smallest absolute Gasteiger partial charge is 0.164 e. The maximum atomic E-state index is 9.36. The summed E-state index contributed by atoms with van der Waals surface area (Å²) in [6.45, 7) is 0. The highest BCUT2D eigenvalue weighted by Gasteiger charge is 2.25. The van der Waals surface area contributed by atoms with E-state index in [2.05, 4.69) is 102 Å². The molecule has 11 aromatic rings. The summed E-state index contributed by atoms with van der Waals surface area (Å²) in [5.74, 6) is 1.71. The van der Waals surface area contributed by atoms with Gasteiger partial charge in [0, 0.05) is 58.7 Å². The first kappa shape index (κ1) is 29.6. The normalized spacial score (nSPS) is 11.8. The fourth-order valence-corrected chi connectivity index (χ4v) is 8.94. The molecule has 6 nitrogen and oxygen atoms in total. The quantitative estimate of drug-likeness (QED) is 0.183. The highest BCUT2D eigenvalue weighted by Crippen LogP contribution is 2.50. The lowest BCUT2D eigenvalue weighted by Gasteiger charge is -2.11. The first-order valence-corrected chi connectivity index (χ1v) is 18.2. The molecule has 11 rings (SSSR count). The lowest BCUT2D eigenvalue weighted by Crippen LogP contribution is -2.00. The SMILES string of the molecule is N#Cc1ccc(-c2nc(-c3ccccc3)nc(-c3ccc(-n4c5ccccc5c5c6sc7ccccc7c6c6oc7ccccc7c6c54)cc3)n2)cc1. The van der Waals surface area contributed by atoms with Crippen LogP contribution in [0.1, 0.15) is 5.56 Å². The summed E-state index contributed by atoms with van der Waals surface area (Å²) in [4.78, 5) is 14.8. The molecule has 0 radical (unpaired) electrons. The summed E-state index contributed by atoms with van der Waals surface area (Å²) in [7, 11) is 0. The van der Waals surface area contributed by atoms with E-state index in [-0.39, 0.29) is 0 Å². The van der Waals surface area contributed by atoms with Gasteiger partial charge in [0.1, 0.15) is 11.2 Å². The Morgan fingerprint density at radius 3 is 1.83 bits per heavy atom. The Hall–Kier alpha value is -7.14. The van der Waals surface area contributed by atoms with Gasteiger partial charge in [-0.15, -0.1) is 11.3 Å². The molecular weight excluding hydrogens is 671 g/mol. The molecule has 4 aromatic heterocycles. The Morgan fingerprint density at radius 1 is 0.528 bits per heavy atom. The minimum absolute atomic E-state index is 0.548. The van der Waals surface area contributed by atoms with E-state index >= 15 is 0 Å². The van der Waals surface area contributed by atoms with Crippen LogP contribution in [0.15, 0.2) is 156 Å². The predicted molar refractivity (Wildman–Crippen MR) is 215 cm³/mol. The van der Waals surface area contributed by atoms with Gasteiger partial charge in [-0.25, -0.2) is 15.0 Å². The van der Waals surface area contributed by atoms with Crippen LogP contribution in [0.25, 0.3) is 104 Å². The van der Waals surface area contributed by atoms with E-state index in [4.69, 9.17) is 19.4 Å². The number of nitriles is 1. The Kier molecular flexibility index (Phi) is 6.38. The van der Waals surface area contributed by atoms with E-state index in [1.165, 1.54) is 30.9 Å². The van der Waals surface area contributed by atoms with E-state index in [1.54, 1.807) is 12.1 Å². The highest BCUT2D eigenvalue weighted by molar-refractivity contribution is 7.27. The largest absolute Gasteiger partial charge is 0.455 e. The lowest BCUT2D eigenvalue weighted by atomic mass is 10.0. The van der Waals surface area contributed by atoms with Gasteiger partial charge in [-0.05, 0) is 66.7 Å². The van der Waals surface area contributed by atoms with Gasteiger partial charge < -0.3 is 8.98 Å². The second kappa shape index (κ2) is 11.4. The number of furan rings is 1. The summed E-state index contributed by atoms with van der Waals surface area (Å²) in [6, 6.07) is 53.6. The lowest BCUT2D eigenvalue weighted by molar-refractivity contribution is 0.673. The standard InChI is InChI=1S/C46H25N5OS/c47-26-27-18-20-29(21-19-27)45-48-44(28-10-2-1-3-11-28)49-46(50-45)30-22-24-31(25-23-30)51-35-15-7-4-12-32(35)39-41(51)38-33-13-5-8-16-36(33)52-42(38)40-34-14-6-9-17-37(34)53-43(39)40/h1-25H. The number of benzene rings is 7.